The third-order valence-electron chi connectivity index (χ3n) is 0. The summed E-state index contributed by atoms with van der Waals surface area (Å²) < 4.78 is 16.6. The fourth-order valence-corrected chi connectivity index (χ4v) is 0. The summed E-state index contributed by atoms with van der Waals surface area (Å²) >= 11 is 0.756. The first-order valence-corrected chi connectivity index (χ1v) is 2.91. The first kappa shape index (κ1) is 9.00. The van der Waals surface area contributed by atoms with Gasteiger partial charge in [0, 0.05) is 0 Å². The molecule has 0 N–H and O–H groups in total. The van der Waals surface area contributed by atoms with Crippen LogP contribution in [0.25, 0.3) is 0 Å². The van der Waals surface area contributed by atoms with Crippen LogP contribution in [0, 0.1) is 0 Å². The number of hydrogen-bond acceptors (Lipinski definition) is 2. The second-order valence-corrected chi connectivity index (χ2v) is 0. The van der Waals surface area contributed by atoms with E-state index in [-0.39, 0.29) is 25.8 Å². The molecule has 0 saturated heterocycles. The van der Waals surface area contributed by atoms with Crippen LogP contribution < -0.4 is 0 Å². The van der Waals surface area contributed by atoms with E-state index in [2.05, 4.69) is 0 Å². The summed E-state index contributed by atoms with van der Waals surface area (Å²) in [7, 11) is 0. The Kier molecular flexibility index (Phi) is 61.9. The average Bonchev–Trinajstić information content (AvgIpc) is 1.50. The van der Waals surface area contributed by atoms with Crippen molar-refractivity contribution in [3.63, 3.8) is 0 Å². The molecule has 2 nitrogen and oxygen atoms in total. The maximum atomic E-state index is 8.39. The van der Waals surface area contributed by atoms with Gasteiger partial charge in [0.05, 0.1) is 0 Å². The summed E-state index contributed by atoms with van der Waals surface area (Å²) in [4.78, 5) is 0. The molecule has 0 aliphatic carbocycles. The van der Waals surface area contributed by atoms with Crippen molar-refractivity contribution < 1.29 is 5.79 Å². The van der Waals surface area contributed by atoms with E-state index in [1.54, 1.807) is 0 Å². The van der Waals surface area contributed by atoms with E-state index in [4.69, 9.17) is 5.79 Å². The van der Waals surface area contributed by atoms with Gasteiger partial charge in [-0.3, -0.25) is 0 Å². The second-order valence-electron chi connectivity index (χ2n) is 0. The van der Waals surface area contributed by atoms with Crippen molar-refractivity contribution in [3.8, 4) is 0 Å². The van der Waals surface area contributed by atoms with Gasteiger partial charge in [-0.25, -0.2) is 0 Å². The fraction of sp³-hybridized carbons (Fsp3) is 0. The summed E-state index contributed by atoms with van der Waals surface area (Å²) in [5.74, 6) is 0. The molecule has 0 aromatic carbocycles. The molecule has 2 radical (unpaired) electrons. The normalized spacial score (nSPS) is 2.00. The van der Waals surface area contributed by atoms with Crippen LogP contribution in [0.15, 0.2) is 0 Å². The van der Waals surface area contributed by atoms with E-state index >= 15 is 0 Å². The molecule has 0 spiro atoms. The van der Waals surface area contributed by atoms with Crippen molar-refractivity contribution in [1.29, 1.82) is 0 Å². The van der Waals surface area contributed by atoms with E-state index in [1.807, 2.05) is 0 Å². The van der Waals surface area contributed by atoms with E-state index in [0.717, 1.165) is 0 Å². The molecule has 0 unspecified atom stereocenters. The molecule has 4 heavy (non-hydrogen) atoms. The molecule has 0 aliphatic heterocycles. The second kappa shape index (κ2) is 27.5. The Hall–Kier alpha value is 1.31. The number of rotatable bonds is 0. The molecule has 0 heterocycles. The van der Waals surface area contributed by atoms with Crippen molar-refractivity contribution in [2.45, 2.75) is 0 Å². The molecule has 0 aliphatic rings. The van der Waals surface area contributed by atoms with Crippen LogP contribution in [-0.2, 0) is 5.79 Å². The zero-order valence-corrected chi connectivity index (χ0v) is 7.94. The molecular weight excluding hydrogens is 367 g/mol. The van der Waals surface area contributed by atoms with Gasteiger partial charge < -0.3 is 0 Å². The standard InChI is InChI=1S/OTe.O.Pb/c1-2;;. The van der Waals surface area contributed by atoms with Gasteiger partial charge in [0.15, 0.2) is 0 Å². The topological polar surface area (TPSA) is 34.1 Å². The molecule has 0 saturated carbocycles. The first-order valence-electron chi connectivity index (χ1n) is 0.371. The van der Waals surface area contributed by atoms with Crippen LogP contribution in [-0.4, -0.2) is 48.1 Å². The predicted molar refractivity (Wildman–Crippen MR) is 12.9 cm³/mol. The summed E-state index contributed by atoms with van der Waals surface area (Å²) in [6, 6.07) is 0. The molecule has 4 heteroatoms. The third kappa shape index (κ3) is 10.3. The van der Waals surface area contributed by atoms with Crippen molar-refractivity contribution in [2.75, 3.05) is 0 Å². The van der Waals surface area contributed by atoms with E-state index in [0.29, 0.717) is 22.3 Å². The Morgan fingerprint density at radius 3 is 1.25 bits per heavy atom. The average molecular weight is 367 g/mol. The minimum absolute atomic E-state index is 0.0556. The Bertz CT molecular complexity index is 8.00. The van der Waals surface area contributed by atoms with Crippen molar-refractivity contribution in [2.24, 2.45) is 0 Å². The van der Waals surface area contributed by atoms with Gasteiger partial charge in [-0.15, -0.1) is 0 Å². The Morgan fingerprint density at radius 1 is 1.25 bits per heavy atom. The predicted octanol–water partition coefficient (Wildman–Crippen LogP) is -0.999. The minimum atomic E-state index is 0.0556. The molecule has 0 aromatic heterocycles. The van der Waals surface area contributed by atoms with E-state index in [1.165, 1.54) is 0 Å². The first-order chi connectivity index (χ1) is 2.00. The number of hydrogen-bond donors (Lipinski definition) is 0. The zero-order valence-electron chi connectivity index (χ0n) is 1.72. The molecule has 0 aromatic rings. The summed E-state index contributed by atoms with van der Waals surface area (Å²) in [6.07, 6.45) is 0. The summed E-state index contributed by atoms with van der Waals surface area (Å²) in [6.45, 7) is 0. The summed E-state index contributed by atoms with van der Waals surface area (Å²) in [5.41, 5.74) is 0. The monoisotopic (exact) mass is 370 g/mol. The van der Waals surface area contributed by atoms with Gasteiger partial charge in [-0.2, -0.15) is 0 Å². The van der Waals surface area contributed by atoms with Crippen molar-refractivity contribution >= 4 is 48.1 Å². The maximum absolute atomic E-state index is 8.39. The van der Waals surface area contributed by atoms with Gasteiger partial charge in [0.2, 0.25) is 0 Å². The molecule has 0 bridgehead atoms. The summed E-state index contributed by atoms with van der Waals surface area (Å²) in [5, 5.41) is 0. The molecule has 0 amide bonds. The zero-order chi connectivity index (χ0) is 4.00. The van der Waals surface area contributed by atoms with Crippen LogP contribution in [0.5, 0.6) is 0 Å². The van der Waals surface area contributed by atoms with E-state index in [9.17, 15) is 0 Å². The van der Waals surface area contributed by atoms with Crippen LogP contribution in [0.4, 0.5) is 0 Å². The Balaban J connectivity index is 0. The van der Waals surface area contributed by atoms with Gasteiger partial charge in [0.25, 0.3) is 0 Å². The molecular formula is O2PbTe. The van der Waals surface area contributed by atoms with E-state index < -0.39 is 0 Å². The SMILES string of the molecule is O=[Te].[O]=[Pb]. The van der Waals surface area contributed by atoms with Crippen LogP contribution in [0.1, 0.15) is 0 Å². The van der Waals surface area contributed by atoms with Crippen molar-refractivity contribution in [1.82, 2.24) is 0 Å². The van der Waals surface area contributed by atoms with Gasteiger partial charge in [-0.1, -0.05) is 0 Å². The molecule has 0 atom stereocenters. The molecule has 0 rings (SSSR count). The van der Waals surface area contributed by atoms with Crippen LogP contribution >= 0.6 is 0 Å². The molecule has 0 fully saturated rings. The van der Waals surface area contributed by atoms with Gasteiger partial charge in [-0.05, 0) is 0 Å². The van der Waals surface area contributed by atoms with Crippen molar-refractivity contribution in [3.05, 3.63) is 0 Å². The van der Waals surface area contributed by atoms with Gasteiger partial charge in [0.1, 0.15) is 0 Å². The Labute approximate surface area is 53.4 Å². The van der Waals surface area contributed by atoms with Crippen LogP contribution in [0.2, 0.25) is 0 Å². The third-order valence-corrected chi connectivity index (χ3v) is 0. The molecule has 22 valence electrons. The van der Waals surface area contributed by atoms with Crippen LogP contribution in [0.3, 0.4) is 0 Å². The fourth-order valence-electron chi connectivity index (χ4n) is 0. The Morgan fingerprint density at radius 2 is 1.25 bits per heavy atom. The van der Waals surface area contributed by atoms with Gasteiger partial charge >= 0.3 is 53.8 Å². The quantitative estimate of drug-likeness (QED) is 0.516.